The van der Waals surface area contributed by atoms with E-state index in [2.05, 4.69) is 24.3 Å². The highest BCUT2D eigenvalue weighted by Crippen LogP contribution is 2.37. The molecule has 6 nitrogen and oxygen atoms in total. The topological polar surface area (TPSA) is 55.9 Å². The number of rotatable bonds is 5. The molecule has 0 bridgehead atoms. The summed E-state index contributed by atoms with van der Waals surface area (Å²) in [6.07, 6.45) is 4.84. The van der Waals surface area contributed by atoms with E-state index in [1.807, 2.05) is 6.92 Å². The summed E-state index contributed by atoms with van der Waals surface area (Å²) >= 11 is 0. The van der Waals surface area contributed by atoms with Crippen molar-refractivity contribution in [2.45, 2.75) is 32.6 Å². The quantitative estimate of drug-likeness (QED) is 0.821. The van der Waals surface area contributed by atoms with E-state index < -0.39 is 0 Å². The Hall–Kier alpha value is -1.30. The lowest BCUT2D eigenvalue weighted by Gasteiger charge is -2.33. The lowest BCUT2D eigenvalue weighted by molar-refractivity contribution is -0.126. The Balaban J connectivity index is 1.86. The van der Waals surface area contributed by atoms with E-state index in [0.717, 1.165) is 6.54 Å². The average molecular weight is 296 g/mol. The molecule has 1 saturated heterocycles. The van der Waals surface area contributed by atoms with Crippen LogP contribution < -0.4 is 5.32 Å². The van der Waals surface area contributed by atoms with E-state index in [1.165, 1.54) is 25.7 Å². The number of nitrogens with zero attached hydrogens (tertiary/aromatic N) is 3. The molecule has 1 aliphatic heterocycles. The largest absolute Gasteiger partial charge is 0.337 e. The molecule has 2 fully saturated rings. The van der Waals surface area contributed by atoms with E-state index in [1.54, 1.807) is 9.80 Å². The van der Waals surface area contributed by atoms with Crippen LogP contribution in [0, 0.1) is 5.41 Å². The normalized spacial score (nSPS) is 21.4. The summed E-state index contributed by atoms with van der Waals surface area (Å²) in [7, 11) is 4.17. The molecule has 0 aromatic rings. The summed E-state index contributed by atoms with van der Waals surface area (Å²) in [6, 6.07) is -0.107. The van der Waals surface area contributed by atoms with Crippen molar-refractivity contribution >= 4 is 11.9 Å². The van der Waals surface area contributed by atoms with E-state index in [0.29, 0.717) is 19.8 Å². The van der Waals surface area contributed by atoms with Gasteiger partial charge in [0.05, 0.1) is 6.67 Å². The van der Waals surface area contributed by atoms with Gasteiger partial charge < -0.3 is 15.1 Å². The van der Waals surface area contributed by atoms with E-state index in [9.17, 15) is 9.59 Å². The van der Waals surface area contributed by atoms with Crippen LogP contribution in [-0.4, -0.2) is 73.6 Å². The third-order valence-electron chi connectivity index (χ3n) is 4.62. The van der Waals surface area contributed by atoms with Crippen molar-refractivity contribution in [3.8, 4) is 0 Å². The van der Waals surface area contributed by atoms with Gasteiger partial charge in [0, 0.05) is 25.0 Å². The maximum atomic E-state index is 12.3. The van der Waals surface area contributed by atoms with Gasteiger partial charge in [-0.05, 0) is 33.9 Å². The predicted molar refractivity (Wildman–Crippen MR) is 81.8 cm³/mol. The minimum atomic E-state index is -0.107. The van der Waals surface area contributed by atoms with Crippen molar-refractivity contribution in [1.29, 1.82) is 0 Å². The number of likely N-dealkylation sites (N-methyl/N-ethyl adjacent to an activating group) is 1. The Morgan fingerprint density at radius 1 is 1.33 bits per heavy atom. The molecule has 2 aliphatic rings. The Labute approximate surface area is 127 Å². The molecule has 0 radical (unpaired) electrons. The maximum absolute atomic E-state index is 12.3. The first kappa shape index (κ1) is 16.1. The fourth-order valence-electron chi connectivity index (χ4n) is 3.57. The molecule has 0 atom stereocenters. The Morgan fingerprint density at radius 2 is 2.00 bits per heavy atom. The Morgan fingerprint density at radius 3 is 2.52 bits per heavy atom. The van der Waals surface area contributed by atoms with Gasteiger partial charge in [0.1, 0.15) is 6.54 Å². The molecule has 3 amide bonds. The van der Waals surface area contributed by atoms with Gasteiger partial charge in [-0.15, -0.1) is 0 Å². The van der Waals surface area contributed by atoms with E-state index >= 15 is 0 Å². The first-order valence-electron chi connectivity index (χ1n) is 7.91. The maximum Gasteiger partial charge on any atom is 0.319 e. The molecule has 1 aliphatic carbocycles. The van der Waals surface area contributed by atoms with Crippen LogP contribution in [0.15, 0.2) is 0 Å². The zero-order valence-corrected chi connectivity index (χ0v) is 13.5. The van der Waals surface area contributed by atoms with Crippen LogP contribution in [0.3, 0.4) is 0 Å². The summed E-state index contributed by atoms with van der Waals surface area (Å²) < 4.78 is 0. The summed E-state index contributed by atoms with van der Waals surface area (Å²) in [6.45, 7) is 4.94. The lowest BCUT2D eigenvalue weighted by atomic mass is 9.85. The standard InChI is InChI=1S/C15H28N4O2/c1-4-18-12-19(9-13(18)20)14(21)16-10-15(11-17(2)3)7-5-6-8-15/h4-12H2,1-3H3,(H,16,21). The van der Waals surface area contributed by atoms with Crippen LogP contribution in [0.2, 0.25) is 0 Å². The Bertz CT molecular complexity index is 391. The number of amides is 3. The van der Waals surface area contributed by atoms with Crippen LogP contribution in [0.4, 0.5) is 4.79 Å². The van der Waals surface area contributed by atoms with Gasteiger partial charge in [-0.3, -0.25) is 9.69 Å². The first-order chi connectivity index (χ1) is 9.96. The summed E-state index contributed by atoms with van der Waals surface area (Å²) in [4.78, 5) is 29.5. The number of hydrogen-bond donors (Lipinski definition) is 1. The second kappa shape index (κ2) is 6.64. The fraction of sp³-hybridized carbons (Fsp3) is 0.867. The molecule has 21 heavy (non-hydrogen) atoms. The van der Waals surface area contributed by atoms with Gasteiger partial charge in [-0.25, -0.2) is 4.79 Å². The van der Waals surface area contributed by atoms with Gasteiger partial charge in [0.2, 0.25) is 5.91 Å². The summed E-state index contributed by atoms with van der Waals surface area (Å²) in [5, 5.41) is 3.06. The molecule has 0 aromatic heterocycles. The lowest BCUT2D eigenvalue weighted by Crippen LogP contribution is -2.46. The van der Waals surface area contributed by atoms with Gasteiger partial charge in [0.15, 0.2) is 0 Å². The van der Waals surface area contributed by atoms with Crippen molar-refractivity contribution in [3.63, 3.8) is 0 Å². The molecule has 1 N–H and O–H groups in total. The highest BCUT2D eigenvalue weighted by molar-refractivity contribution is 5.87. The fourth-order valence-corrected chi connectivity index (χ4v) is 3.57. The SMILES string of the molecule is CCN1CN(C(=O)NCC2(CN(C)C)CCCC2)CC1=O. The highest BCUT2D eigenvalue weighted by atomic mass is 16.2. The summed E-state index contributed by atoms with van der Waals surface area (Å²) in [5.41, 5.74) is 0.202. The van der Waals surface area contributed by atoms with Crippen LogP contribution in [0.1, 0.15) is 32.6 Å². The second-order valence-electron chi connectivity index (χ2n) is 6.69. The Kier molecular flexibility index (Phi) is 5.08. The van der Waals surface area contributed by atoms with Crippen LogP contribution in [0.25, 0.3) is 0 Å². The van der Waals surface area contributed by atoms with Crippen LogP contribution in [0.5, 0.6) is 0 Å². The predicted octanol–water partition coefficient (Wildman–Crippen LogP) is 0.940. The second-order valence-corrected chi connectivity index (χ2v) is 6.69. The van der Waals surface area contributed by atoms with Crippen molar-refractivity contribution in [3.05, 3.63) is 0 Å². The van der Waals surface area contributed by atoms with Crippen LogP contribution in [-0.2, 0) is 4.79 Å². The molecule has 2 rings (SSSR count). The first-order valence-corrected chi connectivity index (χ1v) is 7.91. The van der Waals surface area contributed by atoms with Crippen molar-refractivity contribution in [2.24, 2.45) is 5.41 Å². The van der Waals surface area contributed by atoms with Gasteiger partial charge in [0.25, 0.3) is 0 Å². The molecule has 6 heteroatoms. The average Bonchev–Trinajstić information content (AvgIpc) is 3.02. The minimum absolute atomic E-state index is 0.0384. The zero-order chi connectivity index (χ0) is 15.5. The molecule has 120 valence electrons. The van der Waals surface area contributed by atoms with Crippen molar-refractivity contribution in [1.82, 2.24) is 20.0 Å². The van der Waals surface area contributed by atoms with Crippen molar-refractivity contribution in [2.75, 3.05) is 46.9 Å². The molecular weight excluding hydrogens is 268 g/mol. The third-order valence-corrected chi connectivity index (χ3v) is 4.62. The molecule has 0 unspecified atom stereocenters. The van der Waals surface area contributed by atoms with Crippen molar-refractivity contribution < 1.29 is 9.59 Å². The molecule has 1 heterocycles. The number of carbonyl (C=O) groups is 2. The minimum Gasteiger partial charge on any atom is -0.337 e. The van der Waals surface area contributed by atoms with E-state index in [4.69, 9.17) is 0 Å². The molecular formula is C15H28N4O2. The summed E-state index contributed by atoms with van der Waals surface area (Å²) in [5.74, 6) is 0.0384. The van der Waals surface area contributed by atoms with Gasteiger partial charge in [-0.2, -0.15) is 0 Å². The van der Waals surface area contributed by atoms with Gasteiger partial charge >= 0.3 is 6.03 Å². The number of hydrogen-bond acceptors (Lipinski definition) is 3. The molecule has 0 aromatic carbocycles. The van der Waals surface area contributed by atoms with E-state index in [-0.39, 0.29) is 23.9 Å². The molecule has 0 spiro atoms. The smallest absolute Gasteiger partial charge is 0.319 e. The van der Waals surface area contributed by atoms with Gasteiger partial charge in [-0.1, -0.05) is 12.8 Å². The highest BCUT2D eigenvalue weighted by Gasteiger charge is 2.36. The number of urea groups is 1. The zero-order valence-electron chi connectivity index (χ0n) is 13.5. The number of carbonyl (C=O) groups excluding carboxylic acids is 2. The van der Waals surface area contributed by atoms with Crippen LogP contribution >= 0.6 is 0 Å². The molecule has 1 saturated carbocycles. The third kappa shape index (κ3) is 3.87. The number of nitrogens with one attached hydrogen (secondary N) is 1. The monoisotopic (exact) mass is 296 g/mol.